The van der Waals surface area contributed by atoms with E-state index in [4.69, 9.17) is 16.3 Å². The van der Waals surface area contributed by atoms with Gasteiger partial charge in [-0.25, -0.2) is 0 Å². The summed E-state index contributed by atoms with van der Waals surface area (Å²) >= 11 is 6.00. The third kappa shape index (κ3) is 1.99. The van der Waals surface area contributed by atoms with Gasteiger partial charge in [-0.2, -0.15) is 0 Å². The fourth-order valence-electron chi connectivity index (χ4n) is 2.50. The summed E-state index contributed by atoms with van der Waals surface area (Å²) in [5, 5.41) is 4.00. The van der Waals surface area contributed by atoms with E-state index in [1.54, 1.807) is 12.4 Å². The molecule has 16 heavy (non-hydrogen) atoms. The lowest BCUT2D eigenvalue weighted by atomic mass is 9.69. The Bertz CT molecular complexity index is 361. The van der Waals surface area contributed by atoms with Crippen LogP contribution in [0.4, 0.5) is 0 Å². The third-order valence-electron chi connectivity index (χ3n) is 3.35. The predicted molar refractivity (Wildman–Crippen MR) is 65.4 cm³/mol. The van der Waals surface area contributed by atoms with E-state index in [1.165, 1.54) is 6.42 Å². The maximum absolute atomic E-state index is 6.00. The zero-order valence-electron chi connectivity index (χ0n) is 8.73. The molecule has 2 bridgehead atoms. The maximum Gasteiger partial charge on any atom is 0.141 e. The molecule has 2 heterocycles. The molecule has 3 rings (SSSR count). The Morgan fingerprint density at radius 2 is 2.12 bits per heavy atom. The Kier molecular flexibility index (Phi) is 3.57. The Morgan fingerprint density at radius 3 is 2.75 bits per heavy atom. The molecule has 1 N–H and O–H groups in total. The highest BCUT2D eigenvalue weighted by Gasteiger charge is 2.45. The van der Waals surface area contributed by atoms with Gasteiger partial charge in [0.2, 0.25) is 0 Å². The molecule has 5 heteroatoms. The Morgan fingerprint density at radius 1 is 1.38 bits per heavy atom. The topological polar surface area (TPSA) is 34.1 Å². The van der Waals surface area contributed by atoms with Crippen molar-refractivity contribution in [2.24, 2.45) is 11.8 Å². The Balaban J connectivity index is 0.000000963. The number of fused-ring (bicyclic) bond motifs is 2. The fraction of sp³-hybridized carbons (Fsp3) is 0.545. The minimum Gasteiger partial charge on any atom is -0.488 e. The lowest BCUT2D eigenvalue weighted by molar-refractivity contribution is -0.0445. The van der Waals surface area contributed by atoms with E-state index in [1.807, 2.05) is 6.07 Å². The van der Waals surface area contributed by atoms with Crippen LogP contribution in [0.3, 0.4) is 0 Å². The van der Waals surface area contributed by atoms with Crippen LogP contribution in [-0.4, -0.2) is 24.2 Å². The van der Waals surface area contributed by atoms with Crippen LogP contribution in [0, 0.1) is 11.8 Å². The van der Waals surface area contributed by atoms with Gasteiger partial charge in [-0.15, -0.1) is 12.4 Å². The van der Waals surface area contributed by atoms with Crippen molar-refractivity contribution in [2.75, 3.05) is 13.1 Å². The molecule has 1 aromatic heterocycles. The molecule has 1 aromatic rings. The van der Waals surface area contributed by atoms with Crippen molar-refractivity contribution in [1.82, 2.24) is 10.3 Å². The number of halogens is 2. The van der Waals surface area contributed by atoms with Gasteiger partial charge in [-0.1, -0.05) is 11.6 Å². The first kappa shape index (κ1) is 12.0. The second-order valence-corrected chi connectivity index (χ2v) is 4.71. The molecule has 0 aromatic carbocycles. The zero-order chi connectivity index (χ0) is 10.3. The molecule has 0 radical (unpaired) electrons. The maximum atomic E-state index is 6.00. The van der Waals surface area contributed by atoms with Crippen molar-refractivity contribution >= 4 is 24.0 Å². The molecule has 3 atom stereocenters. The van der Waals surface area contributed by atoms with Gasteiger partial charge in [0, 0.05) is 43.4 Å². The average Bonchev–Trinajstić information content (AvgIpc) is 2.29. The second-order valence-electron chi connectivity index (χ2n) is 4.30. The number of pyridine rings is 1. The van der Waals surface area contributed by atoms with E-state index in [-0.39, 0.29) is 12.4 Å². The molecule has 3 nitrogen and oxygen atoms in total. The monoisotopic (exact) mass is 260 g/mol. The SMILES string of the molecule is Cl.Clc1cnccc1OC1[C@@H]2CNC[C@H]1C2. The van der Waals surface area contributed by atoms with Crippen LogP contribution >= 0.6 is 24.0 Å². The number of aromatic nitrogens is 1. The van der Waals surface area contributed by atoms with Crippen LogP contribution in [0.25, 0.3) is 0 Å². The first-order chi connectivity index (χ1) is 7.34. The quantitative estimate of drug-likeness (QED) is 0.885. The highest BCUT2D eigenvalue weighted by molar-refractivity contribution is 6.31. The van der Waals surface area contributed by atoms with Crippen LogP contribution in [-0.2, 0) is 0 Å². The molecular weight excluding hydrogens is 247 g/mol. The highest BCUT2D eigenvalue weighted by atomic mass is 35.5. The van der Waals surface area contributed by atoms with E-state index in [0.717, 1.165) is 18.8 Å². The van der Waals surface area contributed by atoms with E-state index >= 15 is 0 Å². The average molecular weight is 261 g/mol. The predicted octanol–water partition coefficient (Wildman–Crippen LogP) is 2.14. The number of piperidine rings is 2. The summed E-state index contributed by atoms with van der Waals surface area (Å²) in [6.07, 6.45) is 4.99. The van der Waals surface area contributed by atoms with Gasteiger partial charge in [0.1, 0.15) is 16.9 Å². The molecule has 1 saturated heterocycles. The summed E-state index contributed by atoms with van der Waals surface area (Å²) in [6, 6.07) is 1.84. The molecule has 1 unspecified atom stereocenters. The summed E-state index contributed by atoms with van der Waals surface area (Å²) < 4.78 is 5.94. The molecule has 2 aliphatic rings. The minimum atomic E-state index is 0. The van der Waals surface area contributed by atoms with Gasteiger partial charge < -0.3 is 10.1 Å². The van der Waals surface area contributed by atoms with Gasteiger partial charge in [0.15, 0.2) is 0 Å². The van der Waals surface area contributed by atoms with Gasteiger partial charge in [-0.3, -0.25) is 4.98 Å². The smallest absolute Gasteiger partial charge is 0.141 e. The standard InChI is InChI=1S/C11H13ClN2O.ClH/c12-9-6-13-2-1-10(9)15-11-7-3-8(11)5-14-4-7;/h1-2,6-8,11,14H,3-5H2;1H/t7-,8+,11?;. The lowest BCUT2D eigenvalue weighted by Gasteiger charge is -2.49. The molecule has 1 aliphatic carbocycles. The third-order valence-corrected chi connectivity index (χ3v) is 3.63. The Hall–Kier alpha value is -0.510. The lowest BCUT2D eigenvalue weighted by Crippen LogP contribution is -2.59. The molecule has 2 fully saturated rings. The van der Waals surface area contributed by atoms with Gasteiger partial charge >= 0.3 is 0 Å². The summed E-state index contributed by atoms with van der Waals surface area (Å²) in [4.78, 5) is 3.94. The van der Waals surface area contributed by atoms with Crippen molar-refractivity contribution in [1.29, 1.82) is 0 Å². The zero-order valence-corrected chi connectivity index (χ0v) is 10.3. The van der Waals surface area contributed by atoms with Crippen molar-refractivity contribution < 1.29 is 4.74 Å². The summed E-state index contributed by atoms with van der Waals surface area (Å²) in [7, 11) is 0. The highest BCUT2D eigenvalue weighted by Crippen LogP contribution is 2.40. The summed E-state index contributed by atoms with van der Waals surface area (Å²) in [6.45, 7) is 2.15. The van der Waals surface area contributed by atoms with E-state index in [9.17, 15) is 0 Å². The molecule has 0 amide bonds. The van der Waals surface area contributed by atoms with Crippen molar-refractivity contribution in [3.8, 4) is 5.75 Å². The van der Waals surface area contributed by atoms with Crippen LogP contribution in [0.5, 0.6) is 5.75 Å². The van der Waals surface area contributed by atoms with Gasteiger partial charge in [-0.05, 0) is 6.42 Å². The van der Waals surface area contributed by atoms with Crippen LogP contribution < -0.4 is 10.1 Å². The number of nitrogens with zero attached hydrogens (tertiary/aromatic N) is 1. The van der Waals surface area contributed by atoms with Crippen molar-refractivity contribution in [3.63, 3.8) is 0 Å². The van der Waals surface area contributed by atoms with E-state index < -0.39 is 0 Å². The number of nitrogens with one attached hydrogen (secondary N) is 1. The fourth-order valence-corrected chi connectivity index (χ4v) is 2.66. The number of hydrogen-bond acceptors (Lipinski definition) is 3. The number of hydrogen-bond donors (Lipinski definition) is 1. The van der Waals surface area contributed by atoms with Crippen LogP contribution in [0.2, 0.25) is 5.02 Å². The van der Waals surface area contributed by atoms with Crippen molar-refractivity contribution in [2.45, 2.75) is 12.5 Å². The number of rotatable bonds is 2. The molecular formula is C11H14Cl2N2O. The van der Waals surface area contributed by atoms with Crippen LogP contribution in [0.15, 0.2) is 18.5 Å². The largest absolute Gasteiger partial charge is 0.488 e. The van der Waals surface area contributed by atoms with Gasteiger partial charge in [0.05, 0.1) is 0 Å². The Labute approximate surface area is 106 Å². The van der Waals surface area contributed by atoms with Crippen LogP contribution in [0.1, 0.15) is 6.42 Å². The summed E-state index contributed by atoms with van der Waals surface area (Å²) in [5.41, 5.74) is 0. The molecule has 1 aliphatic heterocycles. The molecule has 88 valence electrons. The minimum absolute atomic E-state index is 0. The first-order valence-corrected chi connectivity index (χ1v) is 5.69. The van der Waals surface area contributed by atoms with E-state index in [2.05, 4.69) is 10.3 Å². The second kappa shape index (κ2) is 4.78. The summed E-state index contributed by atoms with van der Waals surface area (Å²) in [5.74, 6) is 2.09. The normalized spacial score (nSPS) is 31.2. The first-order valence-electron chi connectivity index (χ1n) is 5.31. The van der Waals surface area contributed by atoms with E-state index in [0.29, 0.717) is 23.0 Å². The number of ether oxygens (including phenoxy) is 1. The van der Waals surface area contributed by atoms with Gasteiger partial charge in [0.25, 0.3) is 0 Å². The van der Waals surface area contributed by atoms with Crippen molar-refractivity contribution in [3.05, 3.63) is 23.5 Å². The molecule has 0 spiro atoms. The molecule has 1 saturated carbocycles.